The molecule has 2 unspecified atom stereocenters. The van der Waals surface area contributed by atoms with Crippen molar-refractivity contribution in [2.75, 3.05) is 6.61 Å². The molecule has 19 heteroatoms. The molecule has 2 aliphatic rings. The third-order valence-corrected chi connectivity index (χ3v) is 8.00. The third-order valence-electron chi connectivity index (χ3n) is 5.40. The van der Waals surface area contributed by atoms with Gasteiger partial charge in [0, 0.05) is 18.2 Å². The summed E-state index contributed by atoms with van der Waals surface area (Å²) in [5, 5.41) is 29.9. The molecule has 10 atom stereocenters. The minimum Gasteiger partial charge on any atom is -0.390 e. The van der Waals surface area contributed by atoms with Gasteiger partial charge in [-0.2, -0.15) is 4.31 Å². The minimum atomic E-state index is -5.39. The zero-order valence-electron chi connectivity index (χ0n) is 18.4. The van der Waals surface area contributed by atoms with Crippen molar-refractivity contribution in [2.45, 2.75) is 69.3 Å². The largest absolute Gasteiger partial charge is 0.483 e. The van der Waals surface area contributed by atoms with Crippen LogP contribution in [0.2, 0.25) is 0 Å². The lowest BCUT2D eigenvalue weighted by Gasteiger charge is -2.39. The number of aryl methyl sites for hydroxylation is 1. The highest BCUT2D eigenvalue weighted by Gasteiger charge is 2.47. The monoisotopic (exact) mass is 547 g/mol. The zero-order valence-corrected chi connectivity index (χ0v) is 20.2. The SMILES string of the molecule is Cc1cn([C@H]2C[C@H](O)[C@@H](COP(=O)(O)OP(=O)(O)O[C@H]3O[C@H](C)[C@H](O)[C@H](N)[C@H]3O)O2)c(=O)[nH]c1=O. The van der Waals surface area contributed by atoms with Crippen LogP contribution >= 0.6 is 15.6 Å². The highest BCUT2D eigenvalue weighted by molar-refractivity contribution is 7.61. The molecule has 35 heavy (non-hydrogen) atoms. The molecule has 200 valence electrons. The average molecular weight is 547 g/mol. The van der Waals surface area contributed by atoms with Crippen LogP contribution in [0.3, 0.4) is 0 Å². The van der Waals surface area contributed by atoms with Gasteiger partial charge in [0.2, 0.25) is 0 Å². The number of ether oxygens (including phenoxy) is 2. The van der Waals surface area contributed by atoms with Gasteiger partial charge < -0.3 is 40.3 Å². The van der Waals surface area contributed by atoms with E-state index in [1.54, 1.807) is 0 Å². The number of rotatable bonds is 8. The summed E-state index contributed by atoms with van der Waals surface area (Å²) < 4.78 is 49.3. The van der Waals surface area contributed by atoms with E-state index in [-0.39, 0.29) is 12.0 Å². The van der Waals surface area contributed by atoms with E-state index in [2.05, 4.69) is 18.3 Å². The molecule has 8 N–H and O–H groups in total. The fourth-order valence-corrected chi connectivity index (χ4v) is 5.62. The van der Waals surface area contributed by atoms with Crippen molar-refractivity contribution in [2.24, 2.45) is 5.73 Å². The quantitative estimate of drug-likeness (QED) is 0.166. The number of aliphatic hydroxyl groups excluding tert-OH is 3. The molecule has 17 nitrogen and oxygen atoms in total. The van der Waals surface area contributed by atoms with E-state index in [4.69, 9.17) is 15.2 Å². The fourth-order valence-electron chi connectivity index (χ4n) is 3.46. The molecule has 2 fully saturated rings. The molecule has 2 saturated heterocycles. The molecule has 1 aromatic heterocycles. The molecule has 0 saturated carbocycles. The topological polar surface area (TPSA) is 262 Å². The Labute approximate surface area is 197 Å². The molecule has 0 radical (unpaired) electrons. The lowest BCUT2D eigenvalue weighted by molar-refractivity contribution is -0.240. The zero-order chi connectivity index (χ0) is 26.3. The Balaban J connectivity index is 1.59. The smallest absolute Gasteiger partial charge is 0.390 e. The Hall–Kier alpha value is -1.30. The van der Waals surface area contributed by atoms with Crippen molar-refractivity contribution >= 4 is 15.6 Å². The summed E-state index contributed by atoms with van der Waals surface area (Å²) in [6.07, 6.45) is -8.48. The van der Waals surface area contributed by atoms with Gasteiger partial charge in [0.1, 0.15) is 18.4 Å². The molecule has 0 aromatic carbocycles. The Morgan fingerprint density at radius 1 is 1.17 bits per heavy atom. The van der Waals surface area contributed by atoms with Crippen LogP contribution in [0.25, 0.3) is 0 Å². The summed E-state index contributed by atoms with van der Waals surface area (Å²) >= 11 is 0. The van der Waals surface area contributed by atoms with Gasteiger partial charge in [0.05, 0.1) is 31.0 Å². The van der Waals surface area contributed by atoms with Gasteiger partial charge in [-0.05, 0) is 13.8 Å². The van der Waals surface area contributed by atoms with E-state index >= 15 is 0 Å². The van der Waals surface area contributed by atoms with Crippen LogP contribution in [0.1, 0.15) is 25.1 Å². The van der Waals surface area contributed by atoms with Gasteiger partial charge in [-0.25, -0.2) is 13.9 Å². The Kier molecular flexibility index (Phi) is 8.56. The Morgan fingerprint density at radius 3 is 2.49 bits per heavy atom. The first-order valence-electron chi connectivity index (χ1n) is 10.2. The Bertz CT molecular complexity index is 1130. The van der Waals surface area contributed by atoms with E-state index in [1.807, 2.05) is 0 Å². The molecule has 1 aromatic rings. The van der Waals surface area contributed by atoms with Crippen LogP contribution in [0.5, 0.6) is 0 Å². The molecule has 2 aliphatic heterocycles. The van der Waals surface area contributed by atoms with Crippen LogP contribution in [0, 0.1) is 6.92 Å². The summed E-state index contributed by atoms with van der Waals surface area (Å²) in [4.78, 5) is 45.2. The summed E-state index contributed by atoms with van der Waals surface area (Å²) in [6, 6.07) is -1.31. The second-order valence-corrected chi connectivity index (χ2v) is 11.1. The number of aliphatic hydroxyl groups is 3. The highest BCUT2D eigenvalue weighted by atomic mass is 31.3. The molecule has 0 aliphatic carbocycles. The molecule has 0 bridgehead atoms. The number of hydrogen-bond donors (Lipinski definition) is 7. The van der Waals surface area contributed by atoms with E-state index in [0.29, 0.717) is 0 Å². The number of phosphoric acid groups is 2. The lowest BCUT2D eigenvalue weighted by Crippen LogP contribution is -2.60. The molecule has 3 rings (SSSR count). The predicted molar refractivity (Wildman–Crippen MR) is 113 cm³/mol. The first kappa shape index (κ1) is 28.3. The predicted octanol–water partition coefficient (Wildman–Crippen LogP) is -2.46. The van der Waals surface area contributed by atoms with Crippen LogP contribution < -0.4 is 17.0 Å². The third kappa shape index (κ3) is 6.72. The van der Waals surface area contributed by atoms with Gasteiger partial charge in [0.15, 0.2) is 6.29 Å². The summed E-state index contributed by atoms with van der Waals surface area (Å²) in [5.74, 6) is 0. The number of nitrogens with one attached hydrogen (secondary N) is 1. The Morgan fingerprint density at radius 2 is 1.83 bits per heavy atom. The number of hydrogen-bond acceptors (Lipinski definition) is 13. The molecular weight excluding hydrogens is 520 g/mol. The number of nitrogens with two attached hydrogens (primary N) is 1. The lowest BCUT2D eigenvalue weighted by atomic mass is 9.98. The molecule has 0 amide bonds. The number of H-pyrrole nitrogens is 1. The van der Waals surface area contributed by atoms with Gasteiger partial charge in [-0.3, -0.25) is 23.4 Å². The maximum atomic E-state index is 12.2. The summed E-state index contributed by atoms with van der Waals surface area (Å²) in [7, 11) is -10.7. The molecule has 0 spiro atoms. The first-order chi connectivity index (χ1) is 16.1. The second kappa shape index (κ2) is 10.6. The van der Waals surface area contributed by atoms with E-state index in [1.165, 1.54) is 20.0 Å². The first-order valence-corrected chi connectivity index (χ1v) is 13.2. The fraction of sp³-hybridized carbons (Fsp3) is 0.750. The molecular formula is C16H27N3O14P2. The van der Waals surface area contributed by atoms with Crippen molar-refractivity contribution < 1.29 is 57.1 Å². The van der Waals surface area contributed by atoms with E-state index < -0.39 is 82.6 Å². The van der Waals surface area contributed by atoms with Crippen molar-refractivity contribution in [1.29, 1.82) is 0 Å². The van der Waals surface area contributed by atoms with E-state index in [9.17, 15) is 43.8 Å². The van der Waals surface area contributed by atoms with Gasteiger partial charge in [0.25, 0.3) is 5.56 Å². The maximum absolute atomic E-state index is 12.2. The van der Waals surface area contributed by atoms with E-state index in [0.717, 1.165) is 4.57 Å². The van der Waals surface area contributed by atoms with Gasteiger partial charge in [-0.15, -0.1) is 0 Å². The van der Waals surface area contributed by atoms with Crippen molar-refractivity contribution in [3.05, 3.63) is 32.6 Å². The standard InChI is InChI=1S/C16H27N3O14P2/c1-6-4-19(16(24)18-14(6)23)10-3-8(20)9(31-10)5-29-34(25,26)33-35(27,28)32-15-13(22)11(17)12(21)7(2)30-15/h4,7-13,15,20-22H,3,5,17H2,1-2H3,(H,25,26)(H,27,28)(H,18,23,24)/t7-,8+,9-,10-,11+,12+,13-,15-/m1/s1. The normalized spacial score (nSPS) is 37.0. The van der Waals surface area contributed by atoms with Crippen molar-refractivity contribution in [3.8, 4) is 0 Å². The summed E-state index contributed by atoms with van der Waals surface area (Å²) in [6.45, 7) is 1.99. The van der Waals surface area contributed by atoms with Crippen molar-refractivity contribution in [3.63, 3.8) is 0 Å². The molecule has 3 heterocycles. The van der Waals surface area contributed by atoms with Gasteiger partial charge in [-0.1, -0.05) is 0 Å². The minimum absolute atomic E-state index is 0.140. The average Bonchev–Trinajstić information content (AvgIpc) is 3.11. The number of aromatic nitrogens is 2. The second-order valence-electron chi connectivity index (χ2n) is 8.10. The highest BCUT2D eigenvalue weighted by Crippen LogP contribution is 2.61. The van der Waals surface area contributed by atoms with Crippen LogP contribution in [0.4, 0.5) is 0 Å². The van der Waals surface area contributed by atoms with Crippen LogP contribution in [-0.2, 0) is 32.0 Å². The van der Waals surface area contributed by atoms with Crippen molar-refractivity contribution in [1.82, 2.24) is 9.55 Å². The van der Waals surface area contributed by atoms with Crippen LogP contribution in [0.15, 0.2) is 15.8 Å². The number of aromatic amines is 1. The number of phosphoric ester groups is 2. The number of nitrogens with zero attached hydrogens (tertiary/aromatic N) is 1. The maximum Gasteiger partial charge on any atom is 0.483 e. The van der Waals surface area contributed by atoms with Gasteiger partial charge >= 0.3 is 21.3 Å². The van der Waals surface area contributed by atoms with Crippen LogP contribution in [-0.4, -0.2) is 84.1 Å². The summed E-state index contributed by atoms with van der Waals surface area (Å²) in [5.41, 5.74) is 4.38.